The van der Waals surface area contributed by atoms with E-state index in [9.17, 15) is 14.7 Å². The Bertz CT molecular complexity index is 619. The average Bonchev–Trinajstić information content (AvgIpc) is 2.96. The maximum absolute atomic E-state index is 12.1. The third-order valence-electron chi connectivity index (χ3n) is 3.37. The minimum Gasteiger partial charge on any atom is -0.481 e. The highest BCUT2D eigenvalue weighted by atomic mass is 16.4. The number of aromatic nitrogens is 1. The zero-order chi connectivity index (χ0) is 15.2. The lowest BCUT2D eigenvalue weighted by atomic mass is 9.99. The van der Waals surface area contributed by atoms with Crippen LogP contribution in [0.3, 0.4) is 0 Å². The molecule has 0 saturated heterocycles. The van der Waals surface area contributed by atoms with Gasteiger partial charge in [0.15, 0.2) is 0 Å². The predicted octanol–water partition coefficient (Wildman–Crippen LogP) is 2.11. The van der Waals surface area contributed by atoms with Gasteiger partial charge in [0.2, 0.25) is 0 Å². The number of amides is 1. The number of carboxylic acid groups (broad SMARTS) is 1. The molecule has 1 amide bonds. The molecule has 2 rings (SSSR count). The van der Waals surface area contributed by atoms with Crippen molar-refractivity contribution in [1.29, 1.82) is 0 Å². The van der Waals surface area contributed by atoms with Gasteiger partial charge in [0, 0.05) is 19.3 Å². The molecule has 0 radical (unpaired) electrons. The van der Waals surface area contributed by atoms with E-state index in [0.717, 1.165) is 0 Å². The van der Waals surface area contributed by atoms with Crippen LogP contribution in [0.25, 0.3) is 0 Å². The van der Waals surface area contributed by atoms with E-state index in [1.54, 1.807) is 36.4 Å². The van der Waals surface area contributed by atoms with Crippen molar-refractivity contribution in [2.45, 2.75) is 19.4 Å². The quantitative estimate of drug-likeness (QED) is 0.854. The molecule has 0 aliphatic rings. The fourth-order valence-electron chi connectivity index (χ4n) is 2.21. The van der Waals surface area contributed by atoms with E-state index in [0.29, 0.717) is 17.8 Å². The molecule has 0 saturated carbocycles. The van der Waals surface area contributed by atoms with Gasteiger partial charge in [0.25, 0.3) is 5.91 Å². The Kier molecular flexibility index (Phi) is 4.77. The number of nitrogens with one attached hydrogen (secondary N) is 1. The molecule has 5 heteroatoms. The monoisotopic (exact) mass is 286 g/mol. The number of carboxylic acids is 1. The molecule has 0 spiro atoms. The fraction of sp³-hybridized carbons (Fsp3) is 0.250. The Labute approximate surface area is 123 Å². The zero-order valence-corrected chi connectivity index (χ0v) is 11.8. The third-order valence-corrected chi connectivity index (χ3v) is 3.37. The molecule has 2 N–H and O–H groups in total. The van der Waals surface area contributed by atoms with Crippen molar-refractivity contribution in [3.05, 3.63) is 59.9 Å². The van der Waals surface area contributed by atoms with E-state index in [1.165, 1.54) is 0 Å². The zero-order valence-electron chi connectivity index (χ0n) is 11.8. The molecule has 0 aliphatic heterocycles. The number of hydrogen-bond acceptors (Lipinski definition) is 2. The first-order valence-electron chi connectivity index (χ1n) is 6.84. The molecule has 1 unspecified atom stereocenters. The molecule has 110 valence electrons. The number of aryl methyl sites for hydroxylation is 1. The van der Waals surface area contributed by atoms with Gasteiger partial charge < -0.3 is 15.0 Å². The molecule has 21 heavy (non-hydrogen) atoms. The maximum atomic E-state index is 12.1. The molecular weight excluding hydrogens is 268 g/mol. The van der Waals surface area contributed by atoms with Gasteiger partial charge >= 0.3 is 5.97 Å². The van der Waals surface area contributed by atoms with Gasteiger partial charge in [-0.05, 0) is 24.6 Å². The number of nitrogens with zero attached hydrogens (tertiary/aromatic N) is 1. The summed E-state index contributed by atoms with van der Waals surface area (Å²) in [5, 5.41) is 12.0. The second-order valence-electron chi connectivity index (χ2n) is 4.69. The van der Waals surface area contributed by atoms with Crippen molar-refractivity contribution >= 4 is 11.9 Å². The number of carbonyl (C=O) groups is 2. The van der Waals surface area contributed by atoms with Gasteiger partial charge in [-0.2, -0.15) is 0 Å². The van der Waals surface area contributed by atoms with Crippen LogP contribution in [0.4, 0.5) is 0 Å². The summed E-state index contributed by atoms with van der Waals surface area (Å²) in [4.78, 5) is 23.5. The molecular formula is C16H18N2O3. The molecule has 0 aliphatic carbocycles. The van der Waals surface area contributed by atoms with Crippen molar-refractivity contribution in [2.24, 2.45) is 0 Å². The molecule has 1 heterocycles. The van der Waals surface area contributed by atoms with Crippen molar-refractivity contribution < 1.29 is 14.7 Å². The van der Waals surface area contributed by atoms with Crippen LogP contribution in [-0.4, -0.2) is 28.1 Å². The summed E-state index contributed by atoms with van der Waals surface area (Å²) < 4.78 is 1.81. The highest BCUT2D eigenvalue weighted by molar-refractivity contribution is 5.93. The minimum atomic E-state index is -0.952. The standard InChI is InChI=1S/C16H18N2O3/c1-2-18-10-6-9-14(18)15(19)17-11-13(16(20)21)12-7-4-3-5-8-12/h3-10,13H,2,11H2,1H3,(H,17,19)(H,20,21). The number of carbonyl (C=O) groups excluding carboxylic acids is 1. The Balaban J connectivity index is 2.06. The fourth-order valence-corrected chi connectivity index (χ4v) is 2.21. The lowest BCUT2D eigenvalue weighted by Gasteiger charge is -2.14. The van der Waals surface area contributed by atoms with Gasteiger partial charge in [0.1, 0.15) is 5.69 Å². The van der Waals surface area contributed by atoms with Gasteiger partial charge in [-0.15, -0.1) is 0 Å². The summed E-state index contributed by atoms with van der Waals surface area (Å²) in [6.45, 7) is 2.70. The Hall–Kier alpha value is -2.56. The number of rotatable bonds is 6. The molecule has 0 bridgehead atoms. The summed E-state index contributed by atoms with van der Waals surface area (Å²) >= 11 is 0. The predicted molar refractivity (Wildman–Crippen MR) is 79.3 cm³/mol. The van der Waals surface area contributed by atoms with Crippen LogP contribution in [0.15, 0.2) is 48.7 Å². The van der Waals surface area contributed by atoms with E-state index >= 15 is 0 Å². The summed E-state index contributed by atoms with van der Waals surface area (Å²) in [6.07, 6.45) is 1.82. The largest absolute Gasteiger partial charge is 0.481 e. The third kappa shape index (κ3) is 3.51. The number of benzene rings is 1. The van der Waals surface area contributed by atoms with Crippen LogP contribution in [0, 0.1) is 0 Å². The summed E-state index contributed by atoms with van der Waals surface area (Å²) in [5.41, 5.74) is 1.21. The average molecular weight is 286 g/mol. The van der Waals surface area contributed by atoms with E-state index in [-0.39, 0.29) is 12.5 Å². The van der Waals surface area contributed by atoms with Crippen LogP contribution in [0.2, 0.25) is 0 Å². The Morgan fingerprint density at radius 1 is 1.19 bits per heavy atom. The molecule has 1 aromatic heterocycles. The second-order valence-corrected chi connectivity index (χ2v) is 4.69. The lowest BCUT2D eigenvalue weighted by Crippen LogP contribution is -2.32. The topological polar surface area (TPSA) is 71.3 Å². The van der Waals surface area contributed by atoms with Crippen molar-refractivity contribution in [2.75, 3.05) is 6.54 Å². The number of hydrogen-bond donors (Lipinski definition) is 2. The second kappa shape index (κ2) is 6.74. The molecule has 1 atom stereocenters. The van der Waals surface area contributed by atoms with E-state index in [1.807, 2.05) is 23.8 Å². The van der Waals surface area contributed by atoms with Crippen LogP contribution in [0.1, 0.15) is 28.9 Å². The van der Waals surface area contributed by atoms with Gasteiger partial charge in [0.05, 0.1) is 5.92 Å². The van der Waals surface area contributed by atoms with E-state index in [2.05, 4.69) is 5.32 Å². The van der Waals surface area contributed by atoms with Gasteiger partial charge in [-0.3, -0.25) is 9.59 Å². The first-order chi connectivity index (χ1) is 10.1. The summed E-state index contributed by atoms with van der Waals surface area (Å²) in [7, 11) is 0. The van der Waals surface area contributed by atoms with E-state index < -0.39 is 11.9 Å². The van der Waals surface area contributed by atoms with Crippen LogP contribution >= 0.6 is 0 Å². The van der Waals surface area contributed by atoms with Crippen LogP contribution in [-0.2, 0) is 11.3 Å². The minimum absolute atomic E-state index is 0.0626. The molecule has 2 aromatic rings. The SMILES string of the molecule is CCn1cccc1C(=O)NCC(C(=O)O)c1ccccc1. The first-order valence-corrected chi connectivity index (χ1v) is 6.84. The molecule has 1 aromatic carbocycles. The highest BCUT2D eigenvalue weighted by Gasteiger charge is 2.21. The van der Waals surface area contributed by atoms with E-state index in [4.69, 9.17) is 0 Å². The number of aliphatic carboxylic acids is 1. The van der Waals surface area contributed by atoms with Gasteiger partial charge in [-0.25, -0.2) is 0 Å². The van der Waals surface area contributed by atoms with Crippen LogP contribution in [0.5, 0.6) is 0 Å². The summed E-state index contributed by atoms with van der Waals surface area (Å²) in [6, 6.07) is 12.4. The highest BCUT2D eigenvalue weighted by Crippen LogP contribution is 2.15. The van der Waals surface area contributed by atoms with Crippen LogP contribution < -0.4 is 5.32 Å². The van der Waals surface area contributed by atoms with Crippen molar-refractivity contribution in [1.82, 2.24) is 9.88 Å². The normalized spacial score (nSPS) is 11.9. The first kappa shape index (κ1) is 14.8. The Morgan fingerprint density at radius 2 is 1.90 bits per heavy atom. The molecule has 0 fully saturated rings. The smallest absolute Gasteiger partial charge is 0.312 e. The van der Waals surface area contributed by atoms with Crippen molar-refractivity contribution in [3.8, 4) is 0 Å². The van der Waals surface area contributed by atoms with Crippen molar-refractivity contribution in [3.63, 3.8) is 0 Å². The Morgan fingerprint density at radius 3 is 2.52 bits per heavy atom. The lowest BCUT2D eigenvalue weighted by molar-refractivity contribution is -0.138. The molecule has 5 nitrogen and oxygen atoms in total. The maximum Gasteiger partial charge on any atom is 0.312 e. The van der Waals surface area contributed by atoms with Gasteiger partial charge in [-0.1, -0.05) is 30.3 Å². The summed E-state index contributed by atoms with van der Waals surface area (Å²) in [5.74, 6) is -1.96.